The fourth-order valence-corrected chi connectivity index (χ4v) is 2.98. The van der Waals surface area contributed by atoms with E-state index >= 15 is 0 Å². The molecule has 1 atom stereocenters. The molecule has 8 heteroatoms. The smallest absolute Gasteiger partial charge is 0.270 e. The zero-order valence-corrected chi connectivity index (χ0v) is 13.5. The zero-order chi connectivity index (χ0) is 15.4. The summed E-state index contributed by atoms with van der Waals surface area (Å²) in [7, 11) is 0. The van der Waals surface area contributed by atoms with E-state index in [-0.39, 0.29) is 23.2 Å². The molecule has 1 aromatic heterocycles. The molecule has 6 nitrogen and oxygen atoms in total. The van der Waals surface area contributed by atoms with Crippen LogP contribution in [0.2, 0.25) is 0 Å². The van der Waals surface area contributed by atoms with Gasteiger partial charge in [-0.25, -0.2) is 4.98 Å². The third-order valence-electron chi connectivity index (χ3n) is 2.87. The summed E-state index contributed by atoms with van der Waals surface area (Å²) >= 11 is 4.70. The Bertz CT molecular complexity index is 661. The molecule has 1 aromatic carbocycles. The number of nitrogens with zero attached hydrogens (tertiary/aromatic N) is 2. The summed E-state index contributed by atoms with van der Waals surface area (Å²) in [6.07, 6.45) is 2.36. The lowest BCUT2D eigenvalue weighted by molar-refractivity contribution is -0.384. The van der Waals surface area contributed by atoms with Crippen LogP contribution in [0.5, 0.6) is 0 Å². The van der Waals surface area contributed by atoms with Gasteiger partial charge in [0.25, 0.3) is 11.6 Å². The number of aromatic nitrogens is 1. The first kappa shape index (κ1) is 15.6. The van der Waals surface area contributed by atoms with Gasteiger partial charge in [-0.15, -0.1) is 11.3 Å². The minimum Gasteiger partial charge on any atom is -0.343 e. The van der Waals surface area contributed by atoms with E-state index in [1.54, 1.807) is 6.20 Å². The number of thiazole rings is 1. The SMILES string of the molecule is CCC(NC(=O)c1cc([N+](=O)[O-])ccc1Br)c1nccs1. The van der Waals surface area contributed by atoms with Gasteiger partial charge in [0.15, 0.2) is 0 Å². The number of non-ortho nitro benzene ring substituents is 1. The lowest BCUT2D eigenvalue weighted by Crippen LogP contribution is -2.28. The van der Waals surface area contributed by atoms with Crippen LogP contribution in [0.25, 0.3) is 0 Å². The van der Waals surface area contributed by atoms with E-state index in [4.69, 9.17) is 0 Å². The summed E-state index contributed by atoms with van der Waals surface area (Å²) in [5, 5.41) is 16.3. The highest BCUT2D eigenvalue weighted by Crippen LogP contribution is 2.24. The lowest BCUT2D eigenvalue weighted by Gasteiger charge is -2.15. The second kappa shape index (κ2) is 6.77. The number of hydrogen-bond acceptors (Lipinski definition) is 5. The Hall–Kier alpha value is -1.80. The number of nitro groups is 1. The predicted octanol–water partition coefficient (Wildman–Crippen LogP) is 3.69. The van der Waals surface area contributed by atoms with Crippen LogP contribution in [0, 0.1) is 10.1 Å². The van der Waals surface area contributed by atoms with Crippen molar-refractivity contribution in [3.8, 4) is 0 Å². The lowest BCUT2D eigenvalue weighted by atomic mass is 10.1. The number of nitrogens with one attached hydrogen (secondary N) is 1. The van der Waals surface area contributed by atoms with Crippen molar-refractivity contribution in [2.45, 2.75) is 19.4 Å². The van der Waals surface area contributed by atoms with Crippen LogP contribution < -0.4 is 5.32 Å². The predicted molar refractivity (Wildman–Crippen MR) is 83.4 cm³/mol. The van der Waals surface area contributed by atoms with Gasteiger partial charge in [0.2, 0.25) is 0 Å². The highest BCUT2D eigenvalue weighted by atomic mass is 79.9. The highest BCUT2D eigenvalue weighted by Gasteiger charge is 2.20. The highest BCUT2D eigenvalue weighted by molar-refractivity contribution is 9.10. The standard InChI is InChI=1S/C13H12BrN3O3S/c1-2-11(13-15-5-6-21-13)16-12(18)9-7-8(17(19)20)3-4-10(9)14/h3-7,11H,2H2,1H3,(H,16,18). The van der Waals surface area contributed by atoms with E-state index < -0.39 is 4.92 Å². The molecule has 0 bridgehead atoms. The summed E-state index contributed by atoms with van der Waals surface area (Å²) in [4.78, 5) is 26.8. The van der Waals surface area contributed by atoms with Crippen molar-refractivity contribution < 1.29 is 9.72 Å². The van der Waals surface area contributed by atoms with Crippen LogP contribution in [0.15, 0.2) is 34.2 Å². The molecule has 0 spiro atoms. The van der Waals surface area contributed by atoms with Crippen molar-refractivity contribution >= 4 is 38.9 Å². The Balaban J connectivity index is 2.23. The molecular formula is C13H12BrN3O3S. The Kier molecular flexibility index (Phi) is 5.03. The van der Waals surface area contributed by atoms with Crippen molar-refractivity contribution in [2.24, 2.45) is 0 Å². The van der Waals surface area contributed by atoms with Crippen molar-refractivity contribution in [2.75, 3.05) is 0 Å². The van der Waals surface area contributed by atoms with Crippen LogP contribution in [0.4, 0.5) is 5.69 Å². The Labute approximate surface area is 133 Å². The van der Waals surface area contributed by atoms with Gasteiger partial charge in [-0.3, -0.25) is 14.9 Å². The van der Waals surface area contributed by atoms with Crippen LogP contribution in [0.3, 0.4) is 0 Å². The van der Waals surface area contributed by atoms with E-state index in [0.717, 1.165) is 5.01 Å². The van der Waals surface area contributed by atoms with Crippen LogP contribution >= 0.6 is 27.3 Å². The number of amides is 1. The van der Waals surface area contributed by atoms with Gasteiger partial charge in [-0.1, -0.05) is 6.92 Å². The summed E-state index contributed by atoms with van der Waals surface area (Å²) in [5.41, 5.74) is 0.116. The number of halogens is 1. The molecule has 21 heavy (non-hydrogen) atoms. The van der Waals surface area contributed by atoms with E-state index in [2.05, 4.69) is 26.2 Å². The number of nitro benzene ring substituents is 1. The molecule has 2 rings (SSSR count). The maximum absolute atomic E-state index is 12.3. The van der Waals surface area contributed by atoms with Crippen molar-refractivity contribution in [1.29, 1.82) is 0 Å². The van der Waals surface area contributed by atoms with Gasteiger partial charge in [0.05, 0.1) is 16.5 Å². The van der Waals surface area contributed by atoms with Crippen LogP contribution in [0.1, 0.15) is 34.8 Å². The Morgan fingerprint density at radius 2 is 2.33 bits per heavy atom. The monoisotopic (exact) mass is 369 g/mol. The van der Waals surface area contributed by atoms with E-state index in [1.807, 2.05) is 12.3 Å². The molecule has 0 aliphatic rings. The van der Waals surface area contributed by atoms with Gasteiger partial charge in [0.1, 0.15) is 5.01 Å². The Morgan fingerprint density at radius 1 is 1.57 bits per heavy atom. The topological polar surface area (TPSA) is 85.1 Å². The number of rotatable bonds is 5. The van der Waals surface area contributed by atoms with Crippen molar-refractivity contribution in [1.82, 2.24) is 10.3 Å². The van der Waals surface area contributed by atoms with Gasteiger partial charge in [0, 0.05) is 28.2 Å². The number of hydrogen-bond donors (Lipinski definition) is 1. The fraction of sp³-hybridized carbons (Fsp3) is 0.231. The second-order valence-electron chi connectivity index (χ2n) is 4.23. The third-order valence-corrected chi connectivity index (χ3v) is 4.45. The summed E-state index contributed by atoms with van der Waals surface area (Å²) in [6.45, 7) is 1.94. The summed E-state index contributed by atoms with van der Waals surface area (Å²) in [6, 6.07) is 3.90. The first-order valence-corrected chi connectivity index (χ1v) is 7.84. The molecule has 0 aliphatic heterocycles. The van der Waals surface area contributed by atoms with Gasteiger partial charge < -0.3 is 5.32 Å². The normalized spacial score (nSPS) is 11.9. The molecule has 2 aromatic rings. The molecule has 0 fully saturated rings. The molecule has 0 aliphatic carbocycles. The average molecular weight is 370 g/mol. The molecule has 1 unspecified atom stereocenters. The average Bonchev–Trinajstić information content (AvgIpc) is 2.98. The Morgan fingerprint density at radius 3 is 2.90 bits per heavy atom. The number of benzene rings is 1. The van der Waals surface area contributed by atoms with Crippen molar-refractivity contribution in [3.63, 3.8) is 0 Å². The minimum atomic E-state index is -0.526. The number of carbonyl (C=O) groups is 1. The zero-order valence-electron chi connectivity index (χ0n) is 11.1. The molecule has 1 heterocycles. The summed E-state index contributed by atoms with van der Waals surface area (Å²) < 4.78 is 0.514. The molecule has 0 saturated heterocycles. The van der Waals surface area contributed by atoms with E-state index in [9.17, 15) is 14.9 Å². The van der Waals surface area contributed by atoms with Gasteiger partial charge in [-0.2, -0.15) is 0 Å². The van der Waals surface area contributed by atoms with Crippen LogP contribution in [-0.2, 0) is 0 Å². The summed E-state index contributed by atoms with van der Waals surface area (Å²) in [5.74, 6) is -0.368. The second-order valence-corrected chi connectivity index (χ2v) is 6.01. The van der Waals surface area contributed by atoms with Gasteiger partial charge >= 0.3 is 0 Å². The molecule has 0 radical (unpaired) electrons. The fourth-order valence-electron chi connectivity index (χ4n) is 1.78. The van der Waals surface area contributed by atoms with Crippen molar-refractivity contribution in [3.05, 3.63) is 54.9 Å². The van der Waals surface area contributed by atoms with Gasteiger partial charge in [-0.05, 0) is 28.4 Å². The molecular weight excluding hydrogens is 358 g/mol. The van der Waals surface area contributed by atoms with Crippen LogP contribution in [-0.4, -0.2) is 15.8 Å². The minimum absolute atomic E-state index is 0.120. The number of carbonyl (C=O) groups excluding carboxylic acids is 1. The molecule has 1 amide bonds. The molecule has 0 saturated carbocycles. The first-order chi connectivity index (χ1) is 10.0. The van der Waals surface area contributed by atoms with E-state index in [1.165, 1.54) is 29.5 Å². The largest absolute Gasteiger partial charge is 0.343 e. The maximum Gasteiger partial charge on any atom is 0.270 e. The first-order valence-electron chi connectivity index (χ1n) is 6.17. The third kappa shape index (κ3) is 3.64. The van der Waals surface area contributed by atoms with E-state index in [0.29, 0.717) is 10.9 Å². The molecule has 1 N–H and O–H groups in total. The molecule has 110 valence electrons. The quantitative estimate of drug-likeness (QED) is 0.643. The maximum atomic E-state index is 12.3.